The van der Waals surface area contributed by atoms with Crippen LogP contribution in [-0.4, -0.2) is 11.0 Å². The van der Waals surface area contributed by atoms with Crippen molar-refractivity contribution >= 4 is 0 Å². The molecule has 0 saturated heterocycles. The van der Waals surface area contributed by atoms with Crippen molar-refractivity contribution in [2.45, 2.75) is 58.9 Å². The van der Waals surface area contributed by atoms with Crippen LogP contribution in [0, 0.1) is 17.3 Å². The predicted octanol–water partition coefficient (Wildman–Crippen LogP) is 3.31. The van der Waals surface area contributed by atoms with Crippen molar-refractivity contribution in [3.63, 3.8) is 0 Å². The Bertz CT molecular complexity index is 388. The summed E-state index contributed by atoms with van der Waals surface area (Å²) in [5.41, 5.74) is 4.76. The molecule has 1 unspecified atom stereocenters. The summed E-state index contributed by atoms with van der Waals surface area (Å²) >= 11 is 0. The first-order valence-electron chi connectivity index (χ1n) is 7.85. The van der Waals surface area contributed by atoms with E-state index in [1.165, 1.54) is 31.2 Å². The SMILES string of the molecule is CC(C)(C)C1CCC(C(Cc2cccnc2)NN)CC1. The maximum atomic E-state index is 5.80. The zero-order valence-corrected chi connectivity index (χ0v) is 13.1. The van der Waals surface area contributed by atoms with Crippen LogP contribution >= 0.6 is 0 Å². The van der Waals surface area contributed by atoms with Gasteiger partial charge in [-0.3, -0.25) is 16.3 Å². The van der Waals surface area contributed by atoms with Crippen LogP contribution in [0.3, 0.4) is 0 Å². The van der Waals surface area contributed by atoms with Crippen molar-refractivity contribution in [1.29, 1.82) is 0 Å². The highest BCUT2D eigenvalue weighted by atomic mass is 15.2. The van der Waals surface area contributed by atoms with Crippen molar-refractivity contribution < 1.29 is 0 Å². The van der Waals surface area contributed by atoms with Crippen LogP contribution in [0.4, 0.5) is 0 Å². The van der Waals surface area contributed by atoms with Crippen LogP contribution in [-0.2, 0) is 6.42 Å². The molecule has 1 heterocycles. The number of hydrogen-bond donors (Lipinski definition) is 2. The largest absolute Gasteiger partial charge is 0.271 e. The molecule has 20 heavy (non-hydrogen) atoms. The first-order valence-corrected chi connectivity index (χ1v) is 7.85. The van der Waals surface area contributed by atoms with Crippen molar-refractivity contribution in [3.8, 4) is 0 Å². The molecule has 1 atom stereocenters. The number of pyridine rings is 1. The highest BCUT2D eigenvalue weighted by molar-refractivity contribution is 5.10. The standard InChI is InChI=1S/C17H29N3/c1-17(2,3)15-8-6-14(7-9-15)16(20-18)11-13-5-4-10-19-12-13/h4-5,10,12,14-16,20H,6-9,11,18H2,1-3H3. The average Bonchev–Trinajstić information content (AvgIpc) is 2.45. The lowest BCUT2D eigenvalue weighted by Crippen LogP contribution is -2.44. The third-order valence-electron chi connectivity index (χ3n) is 4.96. The Balaban J connectivity index is 1.91. The van der Waals surface area contributed by atoms with E-state index in [1.807, 2.05) is 18.5 Å². The third kappa shape index (κ3) is 4.03. The summed E-state index contributed by atoms with van der Waals surface area (Å²) in [6, 6.07) is 4.51. The molecule has 0 aliphatic heterocycles. The van der Waals surface area contributed by atoms with Gasteiger partial charge in [0.05, 0.1) is 0 Å². The van der Waals surface area contributed by atoms with Gasteiger partial charge < -0.3 is 0 Å². The Morgan fingerprint density at radius 1 is 1.30 bits per heavy atom. The Morgan fingerprint density at radius 2 is 2.00 bits per heavy atom. The van der Waals surface area contributed by atoms with E-state index >= 15 is 0 Å². The summed E-state index contributed by atoms with van der Waals surface area (Å²) in [4.78, 5) is 4.19. The minimum absolute atomic E-state index is 0.375. The molecule has 0 amide bonds. The van der Waals surface area contributed by atoms with Gasteiger partial charge >= 0.3 is 0 Å². The molecule has 2 rings (SSSR count). The number of hydrazine groups is 1. The van der Waals surface area contributed by atoms with Crippen LogP contribution in [0.1, 0.15) is 52.0 Å². The molecule has 0 radical (unpaired) electrons. The second-order valence-corrected chi connectivity index (χ2v) is 7.32. The van der Waals surface area contributed by atoms with Gasteiger partial charge in [0.15, 0.2) is 0 Å². The smallest absolute Gasteiger partial charge is 0.0300 e. The quantitative estimate of drug-likeness (QED) is 0.655. The summed E-state index contributed by atoms with van der Waals surface area (Å²) in [6.45, 7) is 7.10. The Morgan fingerprint density at radius 3 is 2.50 bits per heavy atom. The van der Waals surface area contributed by atoms with Crippen LogP contribution in [0.5, 0.6) is 0 Å². The molecule has 1 fully saturated rings. The van der Waals surface area contributed by atoms with Gasteiger partial charge in [0, 0.05) is 18.4 Å². The fourth-order valence-electron chi connectivity index (χ4n) is 3.52. The second-order valence-electron chi connectivity index (χ2n) is 7.32. The molecule has 1 aromatic heterocycles. The summed E-state index contributed by atoms with van der Waals surface area (Å²) in [5.74, 6) is 7.35. The molecule has 0 aromatic carbocycles. The topological polar surface area (TPSA) is 50.9 Å². The normalized spacial score (nSPS) is 25.4. The van der Waals surface area contributed by atoms with Gasteiger partial charge in [-0.2, -0.15) is 0 Å². The molecule has 3 heteroatoms. The summed E-state index contributed by atoms with van der Waals surface area (Å²) in [7, 11) is 0. The van der Waals surface area contributed by atoms with E-state index in [-0.39, 0.29) is 0 Å². The van der Waals surface area contributed by atoms with E-state index in [0.29, 0.717) is 17.4 Å². The molecular weight excluding hydrogens is 246 g/mol. The van der Waals surface area contributed by atoms with Gasteiger partial charge in [-0.05, 0) is 61.0 Å². The van der Waals surface area contributed by atoms with Crippen LogP contribution in [0.15, 0.2) is 24.5 Å². The van der Waals surface area contributed by atoms with Crippen molar-refractivity contribution in [2.75, 3.05) is 0 Å². The summed E-state index contributed by atoms with van der Waals surface area (Å²) in [5, 5.41) is 0. The molecule has 1 aliphatic carbocycles. The Hall–Kier alpha value is -0.930. The maximum Gasteiger partial charge on any atom is 0.0300 e. The van der Waals surface area contributed by atoms with E-state index in [9.17, 15) is 0 Å². The van der Waals surface area contributed by atoms with E-state index in [1.54, 1.807) is 0 Å². The van der Waals surface area contributed by atoms with Crippen molar-refractivity contribution in [2.24, 2.45) is 23.1 Å². The first kappa shape index (κ1) is 15.5. The predicted molar refractivity (Wildman–Crippen MR) is 84.0 cm³/mol. The molecule has 3 N–H and O–H groups in total. The Labute approximate surface area is 123 Å². The van der Waals surface area contributed by atoms with Gasteiger partial charge in [-0.25, -0.2) is 0 Å². The number of nitrogens with one attached hydrogen (secondary N) is 1. The minimum atomic E-state index is 0.375. The summed E-state index contributed by atoms with van der Waals surface area (Å²) < 4.78 is 0. The van der Waals surface area contributed by atoms with Gasteiger partial charge in [-0.15, -0.1) is 0 Å². The van der Waals surface area contributed by atoms with Gasteiger partial charge in [0.25, 0.3) is 0 Å². The highest BCUT2D eigenvalue weighted by Crippen LogP contribution is 2.40. The van der Waals surface area contributed by atoms with Crippen LogP contribution in [0.25, 0.3) is 0 Å². The van der Waals surface area contributed by atoms with Gasteiger partial charge in [-0.1, -0.05) is 26.8 Å². The van der Waals surface area contributed by atoms with Crippen molar-refractivity contribution in [3.05, 3.63) is 30.1 Å². The number of rotatable bonds is 4. The lowest BCUT2D eigenvalue weighted by atomic mass is 9.68. The number of aromatic nitrogens is 1. The Kier molecular flexibility index (Phi) is 5.17. The highest BCUT2D eigenvalue weighted by Gasteiger charge is 2.32. The molecule has 1 saturated carbocycles. The first-order chi connectivity index (χ1) is 9.50. The van der Waals surface area contributed by atoms with Crippen molar-refractivity contribution in [1.82, 2.24) is 10.4 Å². The fraction of sp³-hybridized carbons (Fsp3) is 0.706. The number of nitrogens with zero attached hydrogens (tertiary/aromatic N) is 1. The van der Waals surface area contributed by atoms with Gasteiger partial charge in [0.2, 0.25) is 0 Å². The zero-order valence-electron chi connectivity index (χ0n) is 13.1. The molecule has 1 aromatic rings. The molecule has 1 aliphatic rings. The molecular formula is C17H29N3. The fourth-order valence-corrected chi connectivity index (χ4v) is 3.52. The van der Waals surface area contributed by atoms with Crippen LogP contribution in [0.2, 0.25) is 0 Å². The molecule has 3 nitrogen and oxygen atoms in total. The van der Waals surface area contributed by atoms with E-state index in [4.69, 9.17) is 5.84 Å². The zero-order chi connectivity index (χ0) is 14.6. The maximum absolute atomic E-state index is 5.80. The minimum Gasteiger partial charge on any atom is -0.271 e. The monoisotopic (exact) mass is 275 g/mol. The summed E-state index contributed by atoms with van der Waals surface area (Å²) in [6.07, 6.45) is 10.00. The lowest BCUT2D eigenvalue weighted by molar-refractivity contribution is 0.132. The second kappa shape index (κ2) is 6.68. The van der Waals surface area contributed by atoms with E-state index in [2.05, 4.69) is 37.2 Å². The van der Waals surface area contributed by atoms with Crippen LogP contribution < -0.4 is 11.3 Å². The average molecular weight is 275 g/mol. The molecule has 112 valence electrons. The molecule has 0 spiro atoms. The third-order valence-corrected chi connectivity index (χ3v) is 4.96. The lowest BCUT2D eigenvalue weighted by Gasteiger charge is -2.39. The van der Waals surface area contributed by atoms with Gasteiger partial charge in [0.1, 0.15) is 0 Å². The number of hydrogen-bond acceptors (Lipinski definition) is 3. The number of nitrogens with two attached hydrogens (primary N) is 1. The van der Waals surface area contributed by atoms with E-state index in [0.717, 1.165) is 12.3 Å². The van der Waals surface area contributed by atoms with E-state index < -0.39 is 0 Å². The molecule has 0 bridgehead atoms.